The van der Waals surface area contributed by atoms with E-state index >= 15 is 0 Å². The SMILES string of the molecule is C[C@@H](N)C(=O)OCc1cccc(Br)c1. The number of carbonyl (C=O) groups excluding carboxylic acids is 1. The summed E-state index contributed by atoms with van der Waals surface area (Å²) in [5, 5.41) is 0. The lowest BCUT2D eigenvalue weighted by atomic mass is 10.2. The molecule has 4 heteroatoms. The molecule has 0 bridgehead atoms. The predicted octanol–water partition coefficient (Wildman–Crippen LogP) is 1.84. The second kappa shape index (κ2) is 5.12. The third kappa shape index (κ3) is 3.47. The molecule has 1 atom stereocenters. The summed E-state index contributed by atoms with van der Waals surface area (Å²) < 4.78 is 5.92. The van der Waals surface area contributed by atoms with Gasteiger partial charge < -0.3 is 10.5 Å². The number of benzene rings is 1. The third-order valence-electron chi connectivity index (χ3n) is 1.64. The molecule has 0 unspecified atom stereocenters. The lowest BCUT2D eigenvalue weighted by molar-refractivity contribution is -0.146. The minimum atomic E-state index is -0.567. The maximum Gasteiger partial charge on any atom is 0.322 e. The Morgan fingerprint density at radius 2 is 2.36 bits per heavy atom. The number of hydrogen-bond donors (Lipinski definition) is 1. The standard InChI is InChI=1S/C10H12BrNO2/c1-7(12)10(13)14-6-8-3-2-4-9(11)5-8/h2-5,7H,6,12H2,1H3/t7-/m1/s1. The zero-order chi connectivity index (χ0) is 10.6. The van der Waals surface area contributed by atoms with Crippen LogP contribution in [0.2, 0.25) is 0 Å². The molecule has 0 heterocycles. The molecule has 0 saturated heterocycles. The Kier molecular flexibility index (Phi) is 4.10. The van der Waals surface area contributed by atoms with Crippen molar-refractivity contribution in [1.29, 1.82) is 0 Å². The van der Waals surface area contributed by atoms with E-state index in [2.05, 4.69) is 15.9 Å². The molecule has 0 fully saturated rings. The first-order valence-electron chi connectivity index (χ1n) is 4.26. The molecule has 0 aliphatic carbocycles. The maximum absolute atomic E-state index is 11.0. The van der Waals surface area contributed by atoms with Crippen molar-refractivity contribution in [2.75, 3.05) is 0 Å². The van der Waals surface area contributed by atoms with E-state index in [1.54, 1.807) is 6.92 Å². The summed E-state index contributed by atoms with van der Waals surface area (Å²) in [4.78, 5) is 11.0. The van der Waals surface area contributed by atoms with Crippen LogP contribution in [0.1, 0.15) is 12.5 Å². The highest BCUT2D eigenvalue weighted by molar-refractivity contribution is 9.10. The van der Waals surface area contributed by atoms with E-state index < -0.39 is 6.04 Å². The van der Waals surface area contributed by atoms with Gasteiger partial charge in [0.1, 0.15) is 12.6 Å². The lowest BCUT2D eigenvalue weighted by Crippen LogP contribution is -2.28. The molecule has 0 amide bonds. The van der Waals surface area contributed by atoms with Crippen LogP contribution in [0.5, 0.6) is 0 Å². The van der Waals surface area contributed by atoms with Gasteiger partial charge in [-0.1, -0.05) is 28.1 Å². The van der Waals surface area contributed by atoms with Crippen LogP contribution in [0, 0.1) is 0 Å². The Labute approximate surface area is 91.4 Å². The molecule has 0 aliphatic rings. The maximum atomic E-state index is 11.0. The van der Waals surface area contributed by atoms with Crippen molar-refractivity contribution in [2.45, 2.75) is 19.6 Å². The van der Waals surface area contributed by atoms with Gasteiger partial charge >= 0.3 is 5.97 Å². The number of carbonyl (C=O) groups is 1. The van der Waals surface area contributed by atoms with E-state index in [-0.39, 0.29) is 12.6 Å². The number of hydrogen-bond acceptors (Lipinski definition) is 3. The first-order valence-corrected chi connectivity index (χ1v) is 5.05. The van der Waals surface area contributed by atoms with Gasteiger partial charge in [-0.3, -0.25) is 4.79 Å². The molecule has 0 saturated carbocycles. The van der Waals surface area contributed by atoms with Gasteiger partial charge in [-0.25, -0.2) is 0 Å². The summed E-state index contributed by atoms with van der Waals surface area (Å²) in [5.74, 6) is -0.384. The number of halogens is 1. The Balaban J connectivity index is 2.50. The highest BCUT2D eigenvalue weighted by Gasteiger charge is 2.08. The summed E-state index contributed by atoms with van der Waals surface area (Å²) in [6.45, 7) is 1.86. The molecule has 3 nitrogen and oxygen atoms in total. The van der Waals surface area contributed by atoms with Gasteiger partial charge in [-0.2, -0.15) is 0 Å². The molecule has 0 spiro atoms. The fourth-order valence-electron chi connectivity index (χ4n) is 0.913. The van der Waals surface area contributed by atoms with Crippen LogP contribution in [-0.4, -0.2) is 12.0 Å². The first kappa shape index (κ1) is 11.2. The summed E-state index contributed by atoms with van der Waals surface area (Å²) in [5.41, 5.74) is 6.28. The Morgan fingerprint density at radius 3 is 2.93 bits per heavy atom. The van der Waals surface area contributed by atoms with Gasteiger partial charge in [0.25, 0.3) is 0 Å². The van der Waals surface area contributed by atoms with Crippen LogP contribution < -0.4 is 5.73 Å². The number of ether oxygens (including phenoxy) is 1. The highest BCUT2D eigenvalue weighted by atomic mass is 79.9. The van der Waals surface area contributed by atoms with E-state index in [1.165, 1.54) is 0 Å². The summed E-state index contributed by atoms with van der Waals surface area (Å²) in [6, 6.07) is 7.02. The van der Waals surface area contributed by atoms with Gasteiger partial charge in [-0.15, -0.1) is 0 Å². The molecule has 2 N–H and O–H groups in total. The van der Waals surface area contributed by atoms with Crippen LogP contribution in [0.15, 0.2) is 28.7 Å². The van der Waals surface area contributed by atoms with Crippen molar-refractivity contribution < 1.29 is 9.53 Å². The number of rotatable bonds is 3. The molecule has 0 radical (unpaired) electrons. The number of nitrogens with two attached hydrogens (primary N) is 1. The second-order valence-corrected chi connectivity index (χ2v) is 3.94. The summed E-state index contributed by atoms with van der Waals surface area (Å²) in [7, 11) is 0. The van der Waals surface area contributed by atoms with E-state index in [0.29, 0.717) is 0 Å². The normalized spacial score (nSPS) is 12.2. The minimum absolute atomic E-state index is 0.264. The van der Waals surface area contributed by atoms with Crippen LogP contribution in [0.4, 0.5) is 0 Å². The molecule has 1 rings (SSSR count). The second-order valence-electron chi connectivity index (χ2n) is 3.03. The van der Waals surface area contributed by atoms with E-state index in [0.717, 1.165) is 10.0 Å². The topological polar surface area (TPSA) is 52.3 Å². The monoisotopic (exact) mass is 257 g/mol. The van der Waals surface area contributed by atoms with Crippen molar-refractivity contribution in [3.05, 3.63) is 34.3 Å². The highest BCUT2D eigenvalue weighted by Crippen LogP contribution is 2.12. The molecule has 14 heavy (non-hydrogen) atoms. The predicted molar refractivity (Wildman–Crippen MR) is 57.6 cm³/mol. The number of esters is 1. The zero-order valence-corrected chi connectivity index (χ0v) is 9.45. The Bertz CT molecular complexity index is 326. The average Bonchev–Trinajstić information content (AvgIpc) is 2.14. The molecular formula is C10H12BrNO2. The van der Waals surface area contributed by atoms with Crippen molar-refractivity contribution in [2.24, 2.45) is 5.73 Å². The van der Waals surface area contributed by atoms with Crippen LogP contribution in [-0.2, 0) is 16.1 Å². The van der Waals surface area contributed by atoms with Gasteiger partial charge in [0.15, 0.2) is 0 Å². The summed E-state index contributed by atoms with van der Waals surface area (Å²) in [6.07, 6.45) is 0. The van der Waals surface area contributed by atoms with Crippen LogP contribution in [0.3, 0.4) is 0 Å². The quantitative estimate of drug-likeness (QED) is 0.841. The fourth-order valence-corrected chi connectivity index (χ4v) is 1.36. The molecular weight excluding hydrogens is 246 g/mol. The van der Waals surface area contributed by atoms with Crippen molar-refractivity contribution >= 4 is 21.9 Å². The lowest BCUT2D eigenvalue weighted by Gasteiger charge is -2.07. The van der Waals surface area contributed by atoms with Crippen molar-refractivity contribution in [1.82, 2.24) is 0 Å². The third-order valence-corrected chi connectivity index (χ3v) is 2.14. The molecule has 76 valence electrons. The van der Waals surface area contributed by atoms with Crippen molar-refractivity contribution in [3.63, 3.8) is 0 Å². The first-order chi connectivity index (χ1) is 6.59. The molecule has 0 aromatic heterocycles. The Morgan fingerprint density at radius 1 is 1.64 bits per heavy atom. The smallest absolute Gasteiger partial charge is 0.322 e. The summed E-state index contributed by atoms with van der Waals surface area (Å²) >= 11 is 3.33. The zero-order valence-electron chi connectivity index (χ0n) is 7.87. The molecule has 0 aliphatic heterocycles. The van der Waals surface area contributed by atoms with Gasteiger partial charge in [0.2, 0.25) is 0 Å². The van der Waals surface area contributed by atoms with Crippen LogP contribution >= 0.6 is 15.9 Å². The van der Waals surface area contributed by atoms with E-state index in [1.807, 2.05) is 24.3 Å². The minimum Gasteiger partial charge on any atom is -0.460 e. The molecule has 1 aromatic rings. The largest absolute Gasteiger partial charge is 0.460 e. The average molecular weight is 258 g/mol. The van der Waals surface area contributed by atoms with Gasteiger partial charge in [0, 0.05) is 4.47 Å². The van der Waals surface area contributed by atoms with Gasteiger partial charge in [0.05, 0.1) is 0 Å². The van der Waals surface area contributed by atoms with Crippen LogP contribution in [0.25, 0.3) is 0 Å². The molecule has 1 aromatic carbocycles. The fraction of sp³-hybridized carbons (Fsp3) is 0.300. The van der Waals surface area contributed by atoms with E-state index in [4.69, 9.17) is 10.5 Å². The Hall–Kier alpha value is -0.870. The van der Waals surface area contributed by atoms with Gasteiger partial charge in [-0.05, 0) is 24.6 Å². The van der Waals surface area contributed by atoms with Crippen molar-refractivity contribution in [3.8, 4) is 0 Å². The van der Waals surface area contributed by atoms with E-state index in [9.17, 15) is 4.79 Å².